The molecule has 2 N–H and O–H groups in total. The monoisotopic (exact) mass is 611 g/mol. The molecule has 0 saturated heterocycles. The van der Waals surface area contributed by atoms with Crippen LogP contribution in [0.2, 0.25) is 0 Å². The van der Waals surface area contributed by atoms with Crippen molar-refractivity contribution in [3.8, 4) is 11.1 Å². The lowest BCUT2D eigenvalue weighted by Gasteiger charge is -2.38. The SMILES string of the molecule is CCOC(=O)C[C@H](NC(=O)[C@H](CC(C)C)N1C=C(CCN(C)C)C(C)=CC1O)c1cc(-c2c(C)cccc2C)cc(F)c1F. The predicted molar refractivity (Wildman–Crippen MR) is 170 cm³/mol. The first-order chi connectivity index (χ1) is 20.7. The van der Waals surface area contributed by atoms with Crippen LogP contribution in [0, 0.1) is 31.4 Å². The molecule has 0 aromatic heterocycles. The van der Waals surface area contributed by atoms with E-state index >= 15 is 8.78 Å². The molecule has 7 nitrogen and oxygen atoms in total. The van der Waals surface area contributed by atoms with Gasteiger partial charge in [0.25, 0.3) is 0 Å². The molecular weight excluding hydrogens is 564 g/mol. The van der Waals surface area contributed by atoms with E-state index in [-0.39, 0.29) is 18.1 Å². The summed E-state index contributed by atoms with van der Waals surface area (Å²) in [4.78, 5) is 30.5. The average Bonchev–Trinajstić information content (AvgIpc) is 2.92. The summed E-state index contributed by atoms with van der Waals surface area (Å²) >= 11 is 0. The fraction of sp³-hybridized carbons (Fsp3) is 0.486. The van der Waals surface area contributed by atoms with E-state index in [1.165, 1.54) is 6.07 Å². The van der Waals surface area contributed by atoms with Crippen LogP contribution >= 0.6 is 0 Å². The molecule has 1 amide bonds. The van der Waals surface area contributed by atoms with Crippen molar-refractivity contribution in [1.82, 2.24) is 15.1 Å². The number of carbonyl (C=O) groups is 2. The zero-order valence-electron chi connectivity index (χ0n) is 27.2. The smallest absolute Gasteiger partial charge is 0.308 e. The van der Waals surface area contributed by atoms with Crippen LogP contribution in [0.4, 0.5) is 8.78 Å². The van der Waals surface area contributed by atoms with Crippen LogP contribution in [0.3, 0.4) is 0 Å². The van der Waals surface area contributed by atoms with Crippen LogP contribution in [0.1, 0.15) is 69.7 Å². The van der Waals surface area contributed by atoms with Crippen molar-refractivity contribution in [2.45, 2.75) is 79.1 Å². The summed E-state index contributed by atoms with van der Waals surface area (Å²) in [6, 6.07) is 6.24. The van der Waals surface area contributed by atoms with Gasteiger partial charge in [0.1, 0.15) is 12.3 Å². The van der Waals surface area contributed by atoms with E-state index in [2.05, 4.69) is 10.2 Å². The van der Waals surface area contributed by atoms with Crippen molar-refractivity contribution in [3.63, 3.8) is 0 Å². The van der Waals surface area contributed by atoms with Crippen molar-refractivity contribution in [2.75, 3.05) is 27.2 Å². The molecule has 44 heavy (non-hydrogen) atoms. The number of amides is 1. The normalized spacial score (nSPS) is 16.5. The van der Waals surface area contributed by atoms with Crippen molar-refractivity contribution >= 4 is 11.9 Å². The molecule has 0 spiro atoms. The lowest BCUT2D eigenvalue weighted by Crippen LogP contribution is -2.51. The number of esters is 1. The number of aliphatic hydroxyl groups is 1. The minimum atomic E-state index is -1.22. The fourth-order valence-corrected chi connectivity index (χ4v) is 5.64. The Bertz CT molecular complexity index is 1380. The molecule has 1 heterocycles. The maximum Gasteiger partial charge on any atom is 0.308 e. The predicted octanol–water partition coefficient (Wildman–Crippen LogP) is 6.19. The number of allylic oxidation sites excluding steroid dienone is 1. The Morgan fingerprint density at radius 2 is 1.77 bits per heavy atom. The molecule has 2 aromatic rings. The van der Waals surface area contributed by atoms with Gasteiger partial charge < -0.3 is 25.0 Å². The molecular formula is C35H47F2N3O4. The van der Waals surface area contributed by atoms with E-state index in [9.17, 15) is 14.7 Å². The molecule has 1 aliphatic heterocycles. The molecule has 1 aliphatic rings. The number of halogens is 2. The number of aliphatic hydroxyl groups excluding tert-OH is 1. The topological polar surface area (TPSA) is 82.1 Å². The Morgan fingerprint density at radius 1 is 1.11 bits per heavy atom. The Morgan fingerprint density at radius 3 is 2.36 bits per heavy atom. The Hall–Kier alpha value is -3.56. The quantitative estimate of drug-likeness (QED) is 0.263. The second-order valence-electron chi connectivity index (χ2n) is 12.3. The molecule has 0 bridgehead atoms. The number of aryl methyl sites for hydroxylation is 2. The van der Waals surface area contributed by atoms with Gasteiger partial charge in [0.15, 0.2) is 11.6 Å². The molecule has 240 valence electrons. The number of nitrogens with zero attached hydrogens (tertiary/aromatic N) is 2. The third-order valence-corrected chi connectivity index (χ3v) is 7.90. The highest BCUT2D eigenvalue weighted by molar-refractivity contribution is 5.83. The highest BCUT2D eigenvalue weighted by Crippen LogP contribution is 2.34. The van der Waals surface area contributed by atoms with Crippen molar-refractivity contribution in [3.05, 3.63) is 82.1 Å². The van der Waals surface area contributed by atoms with E-state index in [1.54, 1.807) is 17.9 Å². The number of hydrogen-bond acceptors (Lipinski definition) is 6. The van der Waals surface area contributed by atoms with Crippen LogP contribution in [0.25, 0.3) is 11.1 Å². The van der Waals surface area contributed by atoms with Gasteiger partial charge in [-0.3, -0.25) is 9.59 Å². The second-order valence-corrected chi connectivity index (χ2v) is 12.3. The third-order valence-electron chi connectivity index (χ3n) is 7.90. The summed E-state index contributed by atoms with van der Waals surface area (Å²) in [6.45, 7) is 12.2. The first-order valence-electron chi connectivity index (χ1n) is 15.2. The number of nitrogens with one attached hydrogen (secondary N) is 1. The van der Waals surface area contributed by atoms with E-state index in [4.69, 9.17) is 4.74 Å². The number of hydrogen-bond donors (Lipinski definition) is 2. The lowest BCUT2D eigenvalue weighted by atomic mass is 9.91. The van der Waals surface area contributed by atoms with Gasteiger partial charge in [-0.05, 0) is 112 Å². The largest absolute Gasteiger partial charge is 0.466 e. The first-order valence-corrected chi connectivity index (χ1v) is 15.2. The van der Waals surface area contributed by atoms with Crippen molar-refractivity contribution < 1.29 is 28.2 Å². The van der Waals surface area contributed by atoms with E-state index in [0.717, 1.165) is 46.9 Å². The highest BCUT2D eigenvalue weighted by atomic mass is 19.2. The minimum Gasteiger partial charge on any atom is -0.466 e. The van der Waals surface area contributed by atoms with Gasteiger partial charge in [-0.2, -0.15) is 0 Å². The van der Waals surface area contributed by atoms with Gasteiger partial charge in [-0.1, -0.05) is 32.0 Å². The van der Waals surface area contributed by atoms with Crippen LogP contribution in [0.5, 0.6) is 0 Å². The molecule has 1 unspecified atom stereocenters. The maximum atomic E-state index is 15.6. The summed E-state index contributed by atoms with van der Waals surface area (Å²) in [5.41, 5.74) is 4.72. The molecule has 3 rings (SSSR count). The van der Waals surface area contributed by atoms with Crippen LogP contribution < -0.4 is 5.32 Å². The summed E-state index contributed by atoms with van der Waals surface area (Å²) < 4.78 is 35.9. The van der Waals surface area contributed by atoms with Crippen molar-refractivity contribution in [1.29, 1.82) is 0 Å². The average molecular weight is 612 g/mol. The summed E-state index contributed by atoms with van der Waals surface area (Å²) in [7, 11) is 3.95. The number of rotatable bonds is 13. The van der Waals surface area contributed by atoms with Crippen LogP contribution in [-0.4, -0.2) is 66.3 Å². The molecule has 0 saturated carbocycles. The Labute approximate surface area is 260 Å². The minimum absolute atomic E-state index is 0.0635. The number of carbonyl (C=O) groups excluding carboxylic acids is 2. The highest BCUT2D eigenvalue weighted by Gasteiger charge is 2.34. The van der Waals surface area contributed by atoms with Gasteiger partial charge in [-0.25, -0.2) is 8.78 Å². The molecule has 0 radical (unpaired) electrons. The van der Waals surface area contributed by atoms with Gasteiger partial charge in [0.2, 0.25) is 5.91 Å². The van der Waals surface area contributed by atoms with Gasteiger partial charge in [-0.15, -0.1) is 0 Å². The summed E-state index contributed by atoms with van der Waals surface area (Å²) in [5, 5.41) is 13.9. The van der Waals surface area contributed by atoms with Gasteiger partial charge in [0, 0.05) is 18.3 Å². The second kappa shape index (κ2) is 15.4. The van der Waals surface area contributed by atoms with E-state index < -0.39 is 48.2 Å². The lowest BCUT2D eigenvalue weighted by molar-refractivity contribution is -0.144. The van der Waals surface area contributed by atoms with E-state index in [0.29, 0.717) is 12.0 Å². The van der Waals surface area contributed by atoms with Gasteiger partial charge >= 0.3 is 5.97 Å². The number of benzene rings is 2. The maximum absolute atomic E-state index is 15.6. The van der Waals surface area contributed by atoms with Crippen LogP contribution in [-0.2, 0) is 14.3 Å². The fourth-order valence-electron chi connectivity index (χ4n) is 5.64. The zero-order valence-corrected chi connectivity index (χ0v) is 27.2. The number of ether oxygens (including phenoxy) is 1. The standard InChI is InChI=1S/C35H47F2N3O4/c1-9-44-32(42)19-29(27-17-26(18-28(36)34(27)37)33-22(4)11-10-12-23(33)5)38-35(43)30(15-21(2)3)40-20-25(13-14-39(7)8)24(6)16-31(40)41/h10-12,16-18,20-21,29-31,41H,9,13-15,19H2,1-8H3,(H,38,43)/t29-,30-,31?/m0/s1. The van der Waals surface area contributed by atoms with Crippen molar-refractivity contribution in [2.24, 2.45) is 5.92 Å². The van der Waals surface area contributed by atoms with Gasteiger partial charge in [0.05, 0.1) is 19.1 Å². The summed E-state index contributed by atoms with van der Waals surface area (Å²) in [6.07, 6.45) is 3.17. The zero-order chi connectivity index (χ0) is 32.7. The summed E-state index contributed by atoms with van der Waals surface area (Å²) in [5.74, 6) is -3.33. The Kier molecular flexibility index (Phi) is 12.3. The van der Waals surface area contributed by atoms with E-state index in [1.807, 2.05) is 73.1 Å². The molecule has 2 aromatic carbocycles. The van der Waals surface area contributed by atoms with Crippen LogP contribution in [0.15, 0.2) is 53.8 Å². The molecule has 9 heteroatoms. The first kappa shape index (κ1) is 34.9. The third kappa shape index (κ3) is 8.76. The Balaban J connectivity index is 2.07. The molecule has 3 atom stereocenters. The molecule has 0 aliphatic carbocycles. The molecule has 0 fully saturated rings.